The average molecular weight is 422 g/mol. The number of halogens is 2. The Morgan fingerprint density at radius 1 is 1.17 bits per heavy atom. The summed E-state index contributed by atoms with van der Waals surface area (Å²) >= 11 is 2.25. The van der Waals surface area contributed by atoms with Crippen LogP contribution in [0.3, 0.4) is 0 Å². The third kappa shape index (κ3) is 5.40. The normalized spacial score (nSPS) is 23.2. The molecule has 127 valence electrons. The SMILES string of the molecule is CC1=CC=CCC1(S[Si](C)(C)C)C(C)(C)C1=[C-]CC=C1.[Cl-].[Cl-].[Ti+3]. The van der Waals surface area contributed by atoms with Crippen molar-refractivity contribution in [1.29, 1.82) is 0 Å². The standard InChI is InChI=1S/C18H27SSi.2ClH.Ti/c1-15-11-9-10-14-18(15,19-20(4,5)6)17(2,3)16-12-7-8-13-16;;;/h7,9-12H,8,14H2,1-6H3;2*1H;/q-1;;;+3/p-2. The predicted molar refractivity (Wildman–Crippen MR) is 95.5 cm³/mol. The second kappa shape index (κ2) is 9.50. The van der Waals surface area contributed by atoms with Gasteiger partial charge in [-0.05, 0) is 18.8 Å². The Labute approximate surface area is 175 Å². The number of allylic oxidation sites excluding steroid dienone is 7. The maximum absolute atomic E-state index is 3.58. The second-order valence-electron chi connectivity index (χ2n) is 7.35. The van der Waals surface area contributed by atoms with Crippen LogP contribution in [0.1, 0.15) is 33.6 Å². The van der Waals surface area contributed by atoms with Crippen LogP contribution in [0.5, 0.6) is 0 Å². The topological polar surface area (TPSA) is 0 Å². The molecule has 1 radical (unpaired) electrons. The van der Waals surface area contributed by atoms with E-state index in [0.717, 1.165) is 12.8 Å². The molecule has 0 heterocycles. The Balaban J connectivity index is 0. The summed E-state index contributed by atoms with van der Waals surface area (Å²) in [6, 6.07) is 0. The Hall–Kier alpha value is 0.821. The zero-order valence-electron chi connectivity index (χ0n) is 15.0. The van der Waals surface area contributed by atoms with Crippen LogP contribution >= 0.6 is 11.2 Å². The van der Waals surface area contributed by atoms with Crippen LogP contribution in [0.4, 0.5) is 0 Å². The Morgan fingerprint density at radius 3 is 2.22 bits per heavy atom. The van der Waals surface area contributed by atoms with Crippen molar-refractivity contribution in [3.63, 3.8) is 0 Å². The molecular weight excluding hydrogens is 395 g/mol. The van der Waals surface area contributed by atoms with Gasteiger partial charge in [0, 0.05) is 4.75 Å². The van der Waals surface area contributed by atoms with Gasteiger partial charge in [0.05, 0.1) is 0 Å². The van der Waals surface area contributed by atoms with Gasteiger partial charge in [0.15, 0.2) is 0 Å². The van der Waals surface area contributed by atoms with Crippen molar-refractivity contribution in [3.05, 3.63) is 47.6 Å². The van der Waals surface area contributed by atoms with E-state index in [1.807, 2.05) is 0 Å². The van der Waals surface area contributed by atoms with Crippen molar-refractivity contribution in [3.8, 4) is 0 Å². The second-order valence-corrected chi connectivity index (χ2v) is 16.8. The summed E-state index contributed by atoms with van der Waals surface area (Å²) in [5, 5.41) is 0. The van der Waals surface area contributed by atoms with E-state index in [9.17, 15) is 0 Å². The molecular formula is C18H27Cl2SSiTi. The molecule has 0 aromatic carbocycles. The molecule has 0 amide bonds. The van der Waals surface area contributed by atoms with Gasteiger partial charge in [-0.2, -0.15) is 17.3 Å². The molecule has 0 spiro atoms. The zero-order valence-corrected chi connectivity index (χ0v) is 19.9. The van der Waals surface area contributed by atoms with Crippen molar-refractivity contribution in [2.75, 3.05) is 0 Å². The van der Waals surface area contributed by atoms with Crippen LogP contribution in [-0.2, 0) is 21.7 Å². The smallest absolute Gasteiger partial charge is 1.00 e. The summed E-state index contributed by atoms with van der Waals surface area (Å²) in [5.41, 5.74) is 3.04. The Morgan fingerprint density at radius 2 is 1.78 bits per heavy atom. The molecule has 0 aromatic rings. The van der Waals surface area contributed by atoms with Crippen molar-refractivity contribution < 1.29 is 46.5 Å². The monoisotopic (exact) mass is 421 g/mol. The third-order valence-electron chi connectivity index (χ3n) is 4.38. The molecule has 0 fully saturated rings. The minimum atomic E-state index is -1.24. The van der Waals surface area contributed by atoms with Crippen LogP contribution in [0.15, 0.2) is 41.5 Å². The van der Waals surface area contributed by atoms with Gasteiger partial charge in [-0.25, -0.2) is 11.6 Å². The molecule has 0 nitrogen and oxygen atoms in total. The number of hydrogen-bond donors (Lipinski definition) is 0. The summed E-state index contributed by atoms with van der Waals surface area (Å²) in [6.07, 6.45) is 17.1. The molecule has 2 aliphatic carbocycles. The van der Waals surface area contributed by atoms with E-state index in [2.05, 4.69) is 88.1 Å². The minimum Gasteiger partial charge on any atom is -1.00 e. The average Bonchev–Trinajstić information content (AvgIpc) is 2.84. The minimum absolute atomic E-state index is 0. The zero-order chi connectivity index (χ0) is 15.0. The first-order valence-electron chi connectivity index (χ1n) is 7.51. The fourth-order valence-corrected chi connectivity index (χ4v) is 9.77. The van der Waals surface area contributed by atoms with Crippen molar-refractivity contribution >= 4 is 18.4 Å². The van der Waals surface area contributed by atoms with Gasteiger partial charge in [0.25, 0.3) is 0 Å². The summed E-state index contributed by atoms with van der Waals surface area (Å²) in [4.78, 5) is 0. The van der Waals surface area contributed by atoms with E-state index in [1.54, 1.807) is 0 Å². The number of hydrogen-bond acceptors (Lipinski definition) is 1. The van der Waals surface area contributed by atoms with Crippen molar-refractivity contribution in [1.82, 2.24) is 0 Å². The first-order chi connectivity index (χ1) is 9.19. The predicted octanol–water partition coefficient (Wildman–Crippen LogP) is -0.0793. The van der Waals surface area contributed by atoms with Crippen molar-refractivity contribution in [2.24, 2.45) is 5.41 Å². The van der Waals surface area contributed by atoms with Gasteiger partial charge in [0.1, 0.15) is 7.22 Å². The molecule has 0 aromatic heterocycles. The third-order valence-corrected chi connectivity index (χ3v) is 9.23. The largest absolute Gasteiger partial charge is 3.00 e. The molecule has 23 heavy (non-hydrogen) atoms. The molecule has 2 rings (SSSR count). The maximum atomic E-state index is 3.58. The Kier molecular flexibility index (Phi) is 10.8. The quantitative estimate of drug-likeness (QED) is 0.452. The summed E-state index contributed by atoms with van der Waals surface area (Å²) in [7, 11) is -1.24. The molecule has 0 saturated heterocycles. The van der Waals surface area contributed by atoms with Gasteiger partial charge < -0.3 is 24.8 Å². The molecule has 0 N–H and O–H groups in total. The Bertz CT molecular complexity index is 516. The molecule has 1 unspecified atom stereocenters. The first kappa shape index (κ1) is 26.1. The van der Waals surface area contributed by atoms with Crippen LogP contribution in [-0.4, -0.2) is 12.0 Å². The molecule has 5 heteroatoms. The van der Waals surface area contributed by atoms with Crippen LogP contribution < -0.4 is 24.8 Å². The molecule has 0 saturated carbocycles. The fourth-order valence-electron chi connectivity index (χ4n) is 3.31. The van der Waals surface area contributed by atoms with E-state index < -0.39 is 7.22 Å². The van der Waals surface area contributed by atoms with E-state index in [-0.39, 0.29) is 56.7 Å². The van der Waals surface area contributed by atoms with E-state index in [1.165, 1.54) is 11.1 Å². The summed E-state index contributed by atoms with van der Waals surface area (Å²) < 4.78 is 0.184. The first-order valence-corrected chi connectivity index (χ1v) is 12.6. The molecule has 0 aliphatic heterocycles. The van der Waals surface area contributed by atoms with Crippen LogP contribution in [0, 0.1) is 11.5 Å². The van der Waals surface area contributed by atoms with E-state index in [4.69, 9.17) is 0 Å². The van der Waals surface area contributed by atoms with Crippen LogP contribution in [0.25, 0.3) is 0 Å². The van der Waals surface area contributed by atoms with Crippen LogP contribution in [0.2, 0.25) is 19.6 Å². The van der Waals surface area contributed by atoms with Gasteiger partial charge in [0.2, 0.25) is 0 Å². The van der Waals surface area contributed by atoms with Gasteiger partial charge >= 0.3 is 21.7 Å². The summed E-state index contributed by atoms with van der Waals surface area (Å²) in [5.74, 6) is 0. The number of rotatable bonds is 4. The maximum Gasteiger partial charge on any atom is 3.00 e. The van der Waals surface area contributed by atoms with Gasteiger partial charge in [-0.15, -0.1) is 6.42 Å². The van der Waals surface area contributed by atoms with Gasteiger partial charge in [-0.3, -0.25) is 6.08 Å². The molecule has 0 bridgehead atoms. The van der Waals surface area contributed by atoms with Gasteiger partial charge in [-0.1, -0.05) is 57.3 Å². The molecule has 1 atom stereocenters. The van der Waals surface area contributed by atoms with Crippen molar-refractivity contribution in [2.45, 2.75) is 58.0 Å². The summed E-state index contributed by atoms with van der Waals surface area (Å²) in [6.45, 7) is 14.5. The van der Waals surface area contributed by atoms with E-state index in [0.29, 0.717) is 0 Å². The van der Waals surface area contributed by atoms with E-state index >= 15 is 0 Å². The molecule has 2 aliphatic rings. The fraction of sp³-hybridized carbons (Fsp3) is 0.556.